The van der Waals surface area contributed by atoms with Gasteiger partial charge in [0.15, 0.2) is 23.3 Å². The van der Waals surface area contributed by atoms with E-state index in [1.54, 1.807) is 13.1 Å². The number of hydrogen-bond acceptors (Lipinski definition) is 1. The second-order valence-corrected chi connectivity index (χ2v) is 5.04. The molecular weight excluding hydrogens is 356 g/mol. The van der Waals surface area contributed by atoms with Gasteiger partial charge in [0, 0.05) is 23.3 Å². The molecule has 2 rings (SSSR count). The Balaban J connectivity index is 2.40. The van der Waals surface area contributed by atoms with Crippen molar-refractivity contribution >= 4 is 27.5 Å². The number of amides is 1. The Labute approximate surface area is 125 Å². The average molecular weight is 365 g/mol. The third kappa shape index (κ3) is 2.94. The summed E-state index contributed by atoms with van der Waals surface area (Å²) in [6, 6.07) is 1.50. The number of aromatic nitrogens is 1. The van der Waals surface area contributed by atoms with E-state index in [4.69, 9.17) is 0 Å². The number of halogens is 5. The first-order chi connectivity index (χ1) is 9.85. The molecular formula is C13H9BrF4N2O. The van der Waals surface area contributed by atoms with E-state index in [0.717, 1.165) is 0 Å². The van der Waals surface area contributed by atoms with Crippen molar-refractivity contribution in [3.05, 3.63) is 51.8 Å². The van der Waals surface area contributed by atoms with Crippen molar-refractivity contribution in [3.63, 3.8) is 0 Å². The van der Waals surface area contributed by atoms with Crippen LogP contribution in [0.25, 0.3) is 0 Å². The van der Waals surface area contributed by atoms with E-state index in [-0.39, 0.29) is 11.8 Å². The molecule has 0 spiro atoms. The van der Waals surface area contributed by atoms with Crippen LogP contribution in [0.5, 0.6) is 0 Å². The smallest absolute Gasteiger partial charge is 0.272 e. The summed E-state index contributed by atoms with van der Waals surface area (Å²) in [4.78, 5) is 12.0. The topological polar surface area (TPSA) is 34.0 Å². The predicted octanol–water partition coefficient (Wildman–Crippen LogP) is 4.08. The van der Waals surface area contributed by atoms with Crippen molar-refractivity contribution in [2.45, 2.75) is 13.5 Å². The Kier molecular flexibility index (Phi) is 4.36. The summed E-state index contributed by atoms with van der Waals surface area (Å²) < 4.78 is 55.2. The first-order valence-corrected chi connectivity index (χ1v) is 6.64. The van der Waals surface area contributed by atoms with Crippen LogP contribution in [-0.4, -0.2) is 10.5 Å². The normalized spacial score (nSPS) is 10.8. The Morgan fingerprint density at radius 1 is 1.19 bits per heavy atom. The Hall–Kier alpha value is -1.83. The van der Waals surface area contributed by atoms with Gasteiger partial charge in [-0.05, 0) is 28.9 Å². The number of carbonyl (C=O) groups excluding carboxylic acids is 1. The van der Waals surface area contributed by atoms with Crippen LogP contribution in [0.4, 0.5) is 23.2 Å². The van der Waals surface area contributed by atoms with Crippen LogP contribution in [-0.2, 0) is 6.54 Å². The monoisotopic (exact) mass is 364 g/mol. The molecule has 0 saturated heterocycles. The van der Waals surface area contributed by atoms with Crippen molar-refractivity contribution in [1.29, 1.82) is 0 Å². The molecule has 1 heterocycles. The molecule has 2 aromatic rings. The molecule has 0 saturated carbocycles. The summed E-state index contributed by atoms with van der Waals surface area (Å²) in [5, 5.41) is 1.85. The van der Waals surface area contributed by atoms with Crippen LogP contribution in [0.3, 0.4) is 0 Å². The number of hydrogen-bond donors (Lipinski definition) is 1. The standard InChI is InChI=1S/C13H9BrF4N2O/c1-2-20-5-6(14)3-9(20)13(21)19-12-10(17)7(15)4-8(16)11(12)18/h3-5H,2H2,1H3,(H,19,21). The highest BCUT2D eigenvalue weighted by atomic mass is 79.9. The molecule has 112 valence electrons. The van der Waals surface area contributed by atoms with Gasteiger partial charge in [0.1, 0.15) is 11.4 Å². The van der Waals surface area contributed by atoms with E-state index in [1.165, 1.54) is 10.6 Å². The van der Waals surface area contributed by atoms with E-state index in [9.17, 15) is 22.4 Å². The van der Waals surface area contributed by atoms with Gasteiger partial charge >= 0.3 is 0 Å². The fraction of sp³-hybridized carbons (Fsp3) is 0.154. The quantitative estimate of drug-likeness (QED) is 0.646. The molecule has 1 amide bonds. The maximum Gasteiger partial charge on any atom is 0.272 e. The highest BCUT2D eigenvalue weighted by molar-refractivity contribution is 9.10. The lowest BCUT2D eigenvalue weighted by molar-refractivity contribution is 0.101. The first kappa shape index (κ1) is 15.6. The third-order valence-corrected chi connectivity index (χ3v) is 3.22. The summed E-state index contributed by atoms with van der Waals surface area (Å²) in [5.41, 5.74) is -1.06. The van der Waals surface area contributed by atoms with Gasteiger partial charge in [-0.25, -0.2) is 17.6 Å². The second kappa shape index (κ2) is 5.88. The van der Waals surface area contributed by atoms with Crippen molar-refractivity contribution < 1.29 is 22.4 Å². The van der Waals surface area contributed by atoms with Gasteiger partial charge in [-0.3, -0.25) is 4.79 Å². The van der Waals surface area contributed by atoms with Crippen LogP contribution >= 0.6 is 15.9 Å². The Morgan fingerprint density at radius 3 is 2.29 bits per heavy atom. The lowest BCUT2D eigenvalue weighted by Crippen LogP contribution is -2.19. The zero-order valence-corrected chi connectivity index (χ0v) is 12.3. The Bertz CT molecular complexity index is 688. The van der Waals surface area contributed by atoms with Gasteiger partial charge < -0.3 is 9.88 Å². The van der Waals surface area contributed by atoms with Crippen molar-refractivity contribution in [2.24, 2.45) is 0 Å². The van der Waals surface area contributed by atoms with Crippen molar-refractivity contribution in [1.82, 2.24) is 4.57 Å². The van der Waals surface area contributed by atoms with E-state index >= 15 is 0 Å². The molecule has 0 aliphatic rings. The van der Waals surface area contributed by atoms with E-state index in [1.807, 2.05) is 5.32 Å². The summed E-state index contributed by atoms with van der Waals surface area (Å²) >= 11 is 3.16. The molecule has 21 heavy (non-hydrogen) atoms. The van der Waals surface area contributed by atoms with Crippen molar-refractivity contribution in [2.75, 3.05) is 5.32 Å². The molecule has 0 aliphatic heterocycles. The van der Waals surface area contributed by atoms with E-state index in [2.05, 4.69) is 15.9 Å². The predicted molar refractivity (Wildman–Crippen MR) is 72.0 cm³/mol. The zero-order chi connectivity index (χ0) is 15.7. The molecule has 8 heteroatoms. The van der Waals surface area contributed by atoms with Crippen LogP contribution in [0, 0.1) is 23.3 Å². The lowest BCUT2D eigenvalue weighted by atomic mass is 10.2. The highest BCUT2D eigenvalue weighted by Crippen LogP contribution is 2.25. The molecule has 0 bridgehead atoms. The molecule has 1 aromatic carbocycles. The van der Waals surface area contributed by atoms with Gasteiger partial charge in [-0.1, -0.05) is 0 Å². The number of nitrogens with zero attached hydrogens (tertiary/aromatic N) is 1. The molecule has 0 aliphatic carbocycles. The largest absolute Gasteiger partial charge is 0.343 e. The zero-order valence-electron chi connectivity index (χ0n) is 10.7. The molecule has 0 radical (unpaired) electrons. The second-order valence-electron chi connectivity index (χ2n) is 4.13. The van der Waals surface area contributed by atoms with Crippen LogP contribution in [0.2, 0.25) is 0 Å². The van der Waals surface area contributed by atoms with E-state index < -0.39 is 34.9 Å². The number of benzene rings is 1. The lowest BCUT2D eigenvalue weighted by Gasteiger charge is -2.10. The number of anilines is 1. The highest BCUT2D eigenvalue weighted by Gasteiger charge is 2.22. The van der Waals surface area contributed by atoms with E-state index in [0.29, 0.717) is 11.0 Å². The minimum atomic E-state index is -1.66. The summed E-state index contributed by atoms with van der Waals surface area (Å²) in [7, 11) is 0. The molecule has 0 atom stereocenters. The SMILES string of the molecule is CCn1cc(Br)cc1C(=O)Nc1c(F)c(F)cc(F)c1F. The number of aryl methyl sites for hydroxylation is 1. The molecule has 1 aromatic heterocycles. The fourth-order valence-electron chi connectivity index (χ4n) is 1.79. The van der Waals surface area contributed by atoms with Crippen molar-refractivity contribution in [3.8, 4) is 0 Å². The molecule has 3 nitrogen and oxygen atoms in total. The maximum atomic E-state index is 13.5. The maximum absolute atomic E-state index is 13.5. The number of rotatable bonds is 3. The fourth-order valence-corrected chi connectivity index (χ4v) is 2.25. The van der Waals surface area contributed by atoms with Gasteiger partial charge in [0.2, 0.25) is 0 Å². The summed E-state index contributed by atoms with van der Waals surface area (Å²) in [6.07, 6.45) is 1.59. The van der Waals surface area contributed by atoms with Crippen LogP contribution in [0.15, 0.2) is 22.8 Å². The third-order valence-electron chi connectivity index (χ3n) is 2.79. The number of carbonyl (C=O) groups is 1. The minimum Gasteiger partial charge on any atom is -0.343 e. The van der Waals surface area contributed by atoms with Gasteiger partial charge in [0.05, 0.1) is 0 Å². The van der Waals surface area contributed by atoms with Crippen LogP contribution in [0.1, 0.15) is 17.4 Å². The first-order valence-electron chi connectivity index (χ1n) is 5.85. The molecule has 0 unspecified atom stereocenters. The van der Waals surface area contributed by atoms with Gasteiger partial charge in [-0.2, -0.15) is 0 Å². The average Bonchev–Trinajstić information content (AvgIpc) is 2.82. The summed E-state index contributed by atoms with van der Waals surface area (Å²) in [6.45, 7) is 2.18. The summed E-state index contributed by atoms with van der Waals surface area (Å²) in [5.74, 6) is -7.37. The number of nitrogens with one attached hydrogen (secondary N) is 1. The van der Waals surface area contributed by atoms with Gasteiger partial charge in [0.25, 0.3) is 5.91 Å². The Morgan fingerprint density at radius 2 is 1.76 bits per heavy atom. The minimum absolute atomic E-state index is 0.0750. The molecule has 0 fully saturated rings. The van der Waals surface area contributed by atoms with Gasteiger partial charge in [-0.15, -0.1) is 0 Å². The van der Waals surface area contributed by atoms with Crippen LogP contribution < -0.4 is 5.32 Å². The molecule has 1 N–H and O–H groups in total.